The standard InChI is InChI=1S/C14H10NO2S.3C4H9.Sn/c16-18(17,13-7-2-1-3-8-13)15-11-10-12-6-4-5-9-14(12)15;3*1-3-4-2;/h1-9,11H;3*1,3-4H2,2H3;. The first-order valence-corrected chi connectivity index (χ1v) is 20.8. The van der Waals surface area contributed by atoms with Crippen LogP contribution in [-0.4, -0.2) is 30.8 Å². The van der Waals surface area contributed by atoms with Crippen molar-refractivity contribution < 1.29 is 8.42 Å². The van der Waals surface area contributed by atoms with E-state index in [1.165, 1.54) is 60.8 Å². The number of rotatable bonds is 12. The quantitative estimate of drug-likeness (QED) is 0.231. The Morgan fingerprint density at radius 2 is 1.26 bits per heavy atom. The molecule has 0 saturated carbocycles. The van der Waals surface area contributed by atoms with Crippen molar-refractivity contribution in [1.82, 2.24) is 3.97 Å². The first-order valence-electron chi connectivity index (χ1n) is 11.9. The first kappa shape index (κ1) is 24.4. The van der Waals surface area contributed by atoms with E-state index in [-0.39, 0.29) is 0 Å². The summed E-state index contributed by atoms with van der Waals surface area (Å²) >= 11 is -2.80. The van der Waals surface area contributed by atoms with Crippen LogP contribution in [0.15, 0.2) is 65.7 Å². The Bertz CT molecular complexity index is 1050. The number of benzene rings is 2. The van der Waals surface area contributed by atoms with Gasteiger partial charge in [0.2, 0.25) is 0 Å². The number of unbranched alkanes of at least 4 members (excludes halogenated alkanes) is 3. The fourth-order valence-electron chi connectivity index (χ4n) is 4.80. The van der Waals surface area contributed by atoms with E-state index in [1.807, 2.05) is 24.4 Å². The molecule has 31 heavy (non-hydrogen) atoms. The van der Waals surface area contributed by atoms with Crippen LogP contribution in [0.2, 0.25) is 13.3 Å². The van der Waals surface area contributed by atoms with Gasteiger partial charge in [-0.1, -0.05) is 0 Å². The summed E-state index contributed by atoms with van der Waals surface area (Å²) in [7, 11) is -3.62. The number of para-hydroxylation sites is 1. The van der Waals surface area contributed by atoms with Crippen LogP contribution in [0, 0.1) is 0 Å². The molecule has 2 aromatic carbocycles. The van der Waals surface area contributed by atoms with Crippen molar-refractivity contribution in [2.75, 3.05) is 0 Å². The molecule has 3 nitrogen and oxygen atoms in total. The molecule has 0 amide bonds. The normalized spacial score (nSPS) is 12.5. The van der Waals surface area contributed by atoms with Crippen LogP contribution in [0.5, 0.6) is 0 Å². The van der Waals surface area contributed by atoms with Crippen LogP contribution in [0.4, 0.5) is 0 Å². The third-order valence-electron chi connectivity index (χ3n) is 6.58. The average molecular weight is 546 g/mol. The number of hydrogen-bond donors (Lipinski definition) is 0. The SMILES string of the molecule is CCC[CH2][Sn]([CH2]CCC)([CH2]CCC)[c]1cn(S(=O)(=O)c2ccccc2)c2ccccc12. The van der Waals surface area contributed by atoms with E-state index in [0.717, 1.165) is 5.52 Å². The molecule has 0 aliphatic carbocycles. The molecule has 0 bridgehead atoms. The zero-order valence-electron chi connectivity index (χ0n) is 19.3. The molecule has 1 heterocycles. The average Bonchev–Trinajstić information content (AvgIpc) is 3.21. The fourth-order valence-corrected chi connectivity index (χ4v) is 23.1. The van der Waals surface area contributed by atoms with Crippen LogP contribution in [0.1, 0.15) is 59.3 Å². The number of nitrogens with zero attached hydrogens (tertiary/aromatic N) is 1. The molecule has 0 N–H and O–H groups in total. The maximum atomic E-state index is 13.6. The van der Waals surface area contributed by atoms with Gasteiger partial charge in [0, 0.05) is 0 Å². The van der Waals surface area contributed by atoms with Crippen molar-refractivity contribution in [2.45, 2.75) is 77.5 Å². The van der Waals surface area contributed by atoms with Crippen molar-refractivity contribution in [2.24, 2.45) is 0 Å². The third-order valence-corrected chi connectivity index (χ3v) is 23.9. The van der Waals surface area contributed by atoms with E-state index in [1.54, 1.807) is 28.2 Å². The molecule has 0 unspecified atom stereocenters. The summed E-state index contributed by atoms with van der Waals surface area (Å²) in [5, 5.41) is 1.18. The van der Waals surface area contributed by atoms with Gasteiger partial charge in [0.05, 0.1) is 0 Å². The number of hydrogen-bond acceptors (Lipinski definition) is 2. The molecule has 0 fully saturated rings. The number of fused-ring (bicyclic) bond motifs is 1. The van der Waals surface area contributed by atoms with Crippen molar-refractivity contribution in [1.29, 1.82) is 0 Å². The molecule has 0 radical (unpaired) electrons. The second-order valence-electron chi connectivity index (χ2n) is 8.76. The summed E-state index contributed by atoms with van der Waals surface area (Å²) in [6.45, 7) is 6.83. The van der Waals surface area contributed by atoms with Gasteiger partial charge in [-0.25, -0.2) is 0 Å². The van der Waals surface area contributed by atoms with E-state index in [9.17, 15) is 8.42 Å². The van der Waals surface area contributed by atoms with Crippen LogP contribution >= 0.6 is 0 Å². The van der Waals surface area contributed by atoms with Crippen LogP contribution < -0.4 is 3.58 Å². The van der Waals surface area contributed by atoms with E-state index in [2.05, 4.69) is 32.9 Å². The first-order chi connectivity index (χ1) is 15.0. The summed E-state index contributed by atoms with van der Waals surface area (Å²) in [5.74, 6) is 0. The van der Waals surface area contributed by atoms with Crippen LogP contribution in [0.3, 0.4) is 0 Å². The summed E-state index contributed by atoms with van der Waals surface area (Å²) in [5.41, 5.74) is 0.840. The van der Waals surface area contributed by atoms with Gasteiger partial charge in [-0.05, 0) is 0 Å². The zero-order chi connectivity index (χ0) is 22.3. The molecular formula is C26H37NO2SSn. The van der Waals surface area contributed by atoms with Gasteiger partial charge in [-0.15, -0.1) is 0 Å². The van der Waals surface area contributed by atoms with E-state index >= 15 is 0 Å². The molecule has 0 aliphatic rings. The molecule has 3 aromatic rings. The molecule has 1 aromatic heterocycles. The Morgan fingerprint density at radius 1 is 0.742 bits per heavy atom. The summed E-state index contributed by atoms with van der Waals surface area (Å²) < 4.78 is 34.2. The zero-order valence-corrected chi connectivity index (χ0v) is 23.0. The van der Waals surface area contributed by atoms with Gasteiger partial charge < -0.3 is 0 Å². The minimum atomic E-state index is -3.62. The maximum absolute atomic E-state index is 13.6. The topological polar surface area (TPSA) is 39.1 Å². The summed E-state index contributed by atoms with van der Waals surface area (Å²) in [6.07, 6.45) is 9.44. The van der Waals surface area contributed by atoms with Crippen molar-refractivity contribution in [3.05, 3.63) is 60.8 Å². The summed E-state index contributed by atoms with van der Waals surface area (Å²) in [6, 6.07) is 17.0. The van der Waals surface area contributed by atoms with Crippen molar-refractivity contribution >= 4 is 42.9 Å². The van der Waals surface area contributed by atoms with E-state index < -0.39 is 28.4 Å². The second kappa shape index (κ2) is 11.0. The Kier molecular flexibility index (Phi) is 8.68. The third kappa shape index (κ3) is 5.22. The van der Waals surface area contributed by atoms with Gasteiger partial charge in [0.1, 0.15) is 0 Å². The molecular weight excluding hydrogens is 509 g/mol. The minimum absolute atomic E-state index is 0.360. The molecule has 3 rings (SSSR count). The molecule has 0 atom stereocenters. The molecule has 0 saturated heterocycles. The molecule has 168 valence electrons. The second-order valence-corrected chi connectivity index (χ2v) is 23.7. The Hall–Kier alpha value is -1.27. The Labute approximate surface area is 192 Å². The summed E-state index contributed by atoms with van der Waals surface area (Å²) in [4.78, 5) is 0.360. The predicted molar refractivity (Wildman–Crippen MR) is 135 cm³/mol. The fraction of sp³-hybridized carbons (Fsp3) is 0.462. The van der Waals surface area contributed by atoms with E-state index in [0.29, 0.717) is 4.90 Å². The van der Waals surface area contributed by atoms with Gasteiger partial charge in [0.25, 0.3) is 0 Å². The monoisotopic (exact) mass is 547 g/mol. The molecule has 0 aliphatic heterocycles. The van der Waals surface area contributed by atoms with Gasteiger partial charge in [0.15, 0.2) is 0 Å². The van der Waals surface area contributed by atoms with E-state index in [4.69, 9.17) is 0 Å². The Morgan fingerprint density at radius 3 is 1.81 bits per heavy atom. The van der Waals surface area contributed by atoms with Gasteiger partial charge >= 0.3 is 194 Å². The molecule has 5 heteroatoms. The van der Waals surface area contributed by atoms with Crippen molar-refractivity contribution in [3.8, 4) is 0 Å². The van der Waals surface area contributed by atoms with Crippen molar-refractivity contribution in [3.63, 3.8) is 0 Å². The van der Waals surface area contributed by atoms with Gasteiger partial charge in [-0.2, -0.15) is 0 Å². The molecule has 0 spiro atoms. The van der Waals surface area contributed by atoms with Crippen LogP contribution in [-0.2, 0) is 10.0 Å². The van der Waals surface area contributed by atoms with Gasteiger partial charge in [-0.3, -0.25) is 0 Å². The Balaban J connectivity index is 2.24. The van der Waals surface area contributed by atoms with Crippen LogP contribution in [0.25, 0.3) is 10.9 Å². The number of aromatic nitrogens is 1. The predicted octanol–water partition coefficient (Wildman–Crippen LogP) is 6.93.